The van der Waals surface area contributed by atoms with Crippen LogP contribution in [0.3, 0.4) is 0 Å². The van der Waals surface area contributed by atoms with Gasteiger partial charge in [-0.05, 0) is 28.2 Å². The number of hydrogen-bond acceptors (Lipinski definition) is 0. The van der Waals surface area contributed by atoms with Gasteiger partial charge in [-0.2, -0.15) is 57.1 Å². The minimum Gasteiger partial charge on any atom is -0.195 e. The van der Waals surface area contributed by atoms with Crippen LogP contribution in [0, 0.1) is 0 Å². The molecule has 28 heavy (non-hydrogen) atoms. The van der Waals surface area contributed by atoms with E-state index < -0.39 is 45.4 Å². The molecule has 0 amide bonds. The van der Waals surface area contributed by atoms with Crippen molar-refractivity contribution in [3.05, 3.63) is 42.0 Å². The van der Waals surface area contributed by atoms with Gasteiger partial charge in [-0.15, -0.1) is 0 Å². The zero-order chi connectivity index (χ0) is 22.4. The summed E-state index contributed by atoms with van der Waals surface area (Å²) in [6.45, 7) is 0. The van der Waals surface area contributed by atoms with E-state index in [1.165, 1.54) is 18.2 Å². The zero-order valence-electron chi connectivity index (χ0n) is 12.8. The number of alkyl halides is 13. The molecule has 0 nitrogen and oxygen atoms in total. The van der Waals surface area contributed by atoms with Crippen LogP contribution in [0.1, 0.15) is 5.56 Å². The van der Waals surface area contributed by atoms with Crippen LogP contribution in [-0.4, -0.2) is 35.8 Å². The summed E-state index contributed by atoms with van der Waals surface area (Å²) < 4.78 is 168. The Morgan fingerprint density at radius 3 is 1.39 bits per heavy atom. The first-order valence-corrected chi connectivity index (χ1v) is 7.71. The van der Waals surface area contributed by atoms with Crippen LogP contribution in [0.25, 0.3) is 3.58 Å². The molecule has 0 N–H and O–H groups in total. The van der Waals surface area contributed by atoms with Gasteiger partial charge in [0.15, 0.2) is 0 Å². The minimum absolute atomic E-state index is 0.269. The van der Waals surface area contributed by atoms with Crippen molar-refractivity contribution in [2.75, 3.05) is 0 Å². The van der Waals surface area contributed by atoms with E-state index in [-0.39, 0.29) is 5.56 Å². The molecule has 0 bridgehead atoms. The summed E-state index contributed by atoms with van der Waals surface area (Å²) in [7, 11) is 0. The quantitative estimate of drug-likeness (QED) is 0.261. The highest BCUT2D eigenvalue weighted by Gasteiger charge is 2.90. The Labute approximate surface area is 161 Å². The SMILES string of the molecule is FC(F)(F)C(F)(F)C(F)(F)C(F)(F)C(F)(F)C(F)(F)C=C(I)c1ccccc1. The van der Waals surface area contributed by atoms with Gasteiger partial charge in [-0.1, -0.05) is 30.3 Å². The lowest BCUT2D eigenvalue weighted by molar-refractivity contribution is -0.436. The van der Waals surface area contributed by atoms with Gasteiger partial charge in [0.2, 0.25) is 0 Å². The molecule has 0 aliphatic heterocycles. The molecule has 14 heteroatoms. The first-order valence-electron chi connectivity index (χ1n) is 6.63. The van der Waals surface area contributed by atoms with Crippen molar-refractivity contribution < 1.29 is 57.1 Å². The van der Waals surface area contributed by atoms with E-state index in [1.54, 1.807) is 0 Å². The summed E-state index contributed by atoms with van der Waals surface area (Å²) in [5.41, 5.74) is -0.269. The van der Waals surface area contributed by atoms with E-state index in [0.717, 1.165) is 34.7 Å². The molecule has 0 fully saturated rings. The number of benzene rings is 1. The van der Waals surface area contributed by atoms with Crippen molar-refractivity contribution in [3.8, 4) is 0 Å². The molecule has 0 aliphatic carbocycles. The summed E-state index contributed by atoms with van der Waals surface area (Å²) in [6.07, 6.45) is -8.35. The van der Waals surface area contributed by atoms with Crippen LogP contribution >= 0.6 is 22.6 Å². The molecule has 0 saturated carbocycles. The van der Waals surface area contributed by atoms with Gasteiger partial charge in [-0.25, -0.2) is 0 Å². The number of rotatable bonds is 6. The van der Waals surface area contributed by atoms with Crippen LogP contribution in [0.4, 0.5) is 57.1 Å². The Hall–Kier alpha value is -1.22. The molecule has 0 radical (unpaired) electrons. The van der Waals surface area contributed by atoms with Gasteiger partial charge < -0.3 is 0 Å². The maximum absolute atomic E-state index is 13.7. The molecule has 1 aromatic carbocycles. The Kier molecular flexibility index (Phi) is 6.41. The Morgan fingerprint density at radius 2 is 1.00 bits per heavy atom. The normalized spacial score (nSPS) is 15.7. The van der Waals surface area contributed by atoms with Crippen LogP contribution < -0.4 is 0 Å². The molecule has 0 aromatic heterocycles. The van der Waals surface area contributed by atoms with Gasteiger partial charge in [0.05, 0.1) is 0 Å². The first kappa shape index (κ1) is 24.8. The fourth-order valence-electron chi connectivity index (χ4n) is 1.71. The number of allylic oxidation sites excluding steroid dienone is 1. The van der Waals surface area contributed by atoms with Gasteiger partial charge in [-0.3, -0.25) is 0 Å². The predicted octanol–water partition coefficient (Wildman–Crippen LogP) is 7.20. The van der Waals surface area contributed by atoms with E-state index >= 15 is 0 Å². The van der Waals surface area contributed by atoms with Gasteiger partial charge >= 0.3 is 35.8 Å². The van der Waals surface area contributed by atoms with E-state index in [9.17, 15) is 57.1 Å². The second kappa shape index (κ2) is 7.23. The van der Waals surface area contributed by atoms with E-state index in [4.69, 9.17) is 0 Å². The Bertz CT molecular complexity index is 719. The molecule has 0 heterocycles. The minimum atomic E-state index is -7.89. The number of halogens is 14. The lowest BCUT2D eigenvalue weighted by Crippen LogP contribution is -2.69. The summed E-state index contributed by atoms with van der Waals surface area (Å²) in [5, 5.41) is 0. The summed E-state index contributed by atoms with van der Waals surface area (Å²) in [4.78, 5) is 0. The molecular formula is C14H6F13I. The summed E-state index contributed by atoms with van der Waals surface area (Å²) in [6, 6.07) is 5.79. The fraction of sp³-hybridized carbons (Fsp3) is 0.429. The highest BCUT2D eigenvalue weighted by Crippen LogP contribution is 2.60. The lowest BCUT2D eigenvalue weighted by Gasteiger charge is -2.39. The molecular weight excluding hydrogens is 542 g/mol. The average Bonchev–Trinajstić information content (AvgIpc) is 2.53. The molecule has 1 aromatic rings. The zero-order valence-corrected chi connectivity index (χ0v) is 14.9. The molecule has 0 saturated heterocycles. The molecule has 0 aliphatic rings. The third-order valence-electron chi connectivity index (χ3n) is 3.32. The smallest absolute Gasteiger partial charge is 0.195 e. The Morgan fingerprint density at radius 1 is 0.607 bits per heavy atom. The Balaban J connectivity index is 3.49. The molecule has 1 rings (SSSR count). The molecule has 160 valence electrons. The van der Waals surface area contributed by atoms with Crippen LogP contribution in [0.2, 0.25) is 0 Å². The van der Waals surface area contributed by atoms with Crippen molar-refractivity contribution in [3.63, 3.8) is 0 Å². The number of hydrogen-bond donors (Lipinski definition) is 0. The fourth-order valence-corrected chi connectivity index (χ4v) is 2.46. The maximum atomic E-state index is 13.7. The molecule has 0 spiro atoms. The second-order valence-corrected chi connectivity index (χ2v) is 6.44. The largest absolute Gasteiger partial charge is 0.460 e. The van der Waals surface area contributed by atoms with Crippen LogP contribution in [-0.2, 0) is 0 Å². The van der Waals surface area contributed by atoms with E-state index in [2.05, 4.69) is 0 Å². The van der Waals surface area contributed by atoms with Crippen LogP contribution in [0.5, 0.6) is 0 Å². The highest BCUT2D eigenvalue weighted by molar-refractivity contribution is 14.1. The summed E-state index contributed by atoms with van der Waals surface area (Å²) in [5.74, 6) is -36.9. The molecule has 0 atom stereocenters. The van der Waals surface area contributed by atoms with Crippen molar-refractivity contribution in [2.45, 2.75) is 35.8 Å². The first-order chi connectivity index (χ1) is 12.2. The maximum Gasteiger partial charge on any atom is 0.460 e. The van der Waals surface area contributed by atoms with E-state index in [0.29, 0.717) is 0 Å². The van der Waals surface area contributed by atoms with Crippen LogP contribution in [0.15, 0.2) is 36.4 Å². The average molecular weight is 548 g/mol. The van der Waals surface area contributed by atoms with Crippen molar-refractivity contribution in [1.82, 2.24) is 0 Å². The third-order valence-corrected chi connectivity index (χ3v) is 4.25. The van der Waals surface area contributed by atoms with Gasteiger partial charge in [0, 0.05) is 9.66 Å². The van der Waals surface area contributed by atoms with Gasteiger partial charge in [0.1, 0.15) is 0 Å². The third kappa shape index (κ3) is 3.79. The standard InChI is InChI=1S/C14H6F13I/c15-9(16,6-8(28)7-4-2-1-3-5-7)10(17,18)11(19,20)12(21,22)13(23,24)14(25,26)27/h1-6H. The molecule has 0 unspecified atom stereocenters. The lowest BCUT2D eigenvalue weighted by atomic mass is 9.93. The summed E-state index contributed by atoms with van der Waals surface area (Å²) >= 11 is 0.938. The van der Waals surface area contributed by atoms with Crippen molar-refractivity contribution >= 4 is 26.2 Å². The second-order valence-electron chi connectivity index (χ2n) is 5.28. The van der Waals surface area contributed by atoms with Gasteiger partial charge in [0.25, 0.3) is 0 Å². The topological polar surface area (TPSA) is 0 Å². The monoisotopic (exact) mass is 548 g/mol. The highest BCUT2D eigenvalue weighted by atomic mass is 127. The van der Waals surface area contributed by atoms with E-state index in [1.807, 2.05) is 0 Å². The van der Waals surface area contributed by atoms with Crippen molar-refractivity contribution in [2.24, 2.45) is 0 Å². The predicted molar refractivity (Wildman–Crippen MR) is 79.2 cm³/mol. The van der Waals surface area contributed by atoms with Crippen molar-refractivity contribution in [1.29, 1.82) is 0 Å².